The molecular weight excluding hydrogens is 230 g/mol. The Hall–Kier alpha value is -1.06. The van der Waals surface area contributed by atoms with Crippen molar-refractivity contribution in [2.45, 2.75) is 66.3 Å². The van der Waals surface area contributed by atoms with E-state index in [0.29, 0.717) is 12.8 Å². The molecule has 1 amide bonds. The van der Waals surface area contributed by atoms with E-state index in [-0.39, 0.29) is 17.2 Å². The van der Waals surface area contributed by atoms with Crippen LogP contribution in [-0.2, 0) is 9.59 Å². The Labute approximate surface area is 110 Å². The zero-order valence-corrected chi connectivity index (χ0v) is 12.5. The van der Waals surface area contributed by atoms with E-state index in [1.165, 1.54) is 0 Å². The summed E-state index contributed by atoms with van der Waals surface area (Å²) in [5, 5.41) is 11.9. The SMILES string of the molecule is CCCC(C)(NC(=O)CC(C)C(C)(C)C)C(=O)O. The number of carboxylic acid groups (broad SMARTS) is 1. The maximum absolute atomic E-state index is 11.9. The van der Waals surface area contributed by atoms with E-state index >= 15 is 0 Å². The summed E-state index contributed by atoms with van der Waals surface area (Å²) >= 11 is 0. The van der Waals surface area contributed by atoms with E-state index in [2.05, 4.69) is 26.1 Å². The van der Waals surface area contributed by atoms with Gasteiger partial charge >= 0.3 is 5.97 Å². The van der Waals surface area contributed by atoms with E-state index in [0.717, 1.165) is 6.42 Å². The van der Waals surface area contributed by atoms with Crippen LogP contribution in [-0.4, -0.2) is 22.5 Å². The highest BCUT2D eigenvalue weighted by molar-refractivity contribution is 5.86. The van der Waals surface area contributed by atoms with Crippen molar-refractivity contribution in [2.75, 3.05) is 0 Å². The highest BCUT2D eigenvalue weighted by Crippen LogP contribution is 2.28. The van der Waals surface area contributed by atoms with Gasteiger partial charge in [0, 0.05) is 6.42 Å². The molecule has 0 aliphatic heterocycles. The van der Waals surface area contributed by atoms with Gasteiger partial charge in [-0.25, -0.2) is 4.79 Å². The number of rotatable bonds is 6. The molecule has 2 atom stereocenters. The molecule has 0 fully saturated rings. The largest absolute Gasteiger partial charge is 0.480 e. The maximum Gasteiger partial charge on any atom is 0.329 e. The fraction of sp³-hybridized carbons (Fsp3) is 0.857. The molecule has 106 valence electrons. The molecule has 4 heteroatoms. The number of carbonyl (C=O) groups is 2. The Morgan fingerprint density at radius 2 is 1.72 bits per heavy atom. The molecule has 0 aromatic rings. The highest BCUT2D eigenvalue weighted by Gasteiger charge is 2.34. The zero-order chi connectivity index (χ0) is 14.6. The number of hydrogen-bond donors (Lipinski definition) is 2. The summed E-state index contributed by atoms with van der Waals surface area (Å²) in [7, 11) is 0. The van der Waals surface area contributed by atoms with E-state index < -0.39 is 11.5 Å². The van der Waals surface area contributed by atoms with Gasteiger partial charge in [0.15, 0.2) is 0 Å². The van der Waals surface area contributed by atoms with Gasteiger partial charge in [-0.2, -0.15) is 0 Å². The number of carbonyl (C=O) groups excluding carboxylic acids is 1. The molecular formula is C14H27NO3. The second-order valence-electron chi connectivity index (χ2n) is 6.41. The molecule has 2 N–H and O–H groups in total. The Morgan fingerprint density at radius 1 is 1.22 bits per heavy atom. The predicted molar refractivity (Wildman–Crippen MR) is 72.3 cm³/mol. The minimum atomic E-state index is -1.15. The summed E-state index contributed by atoms with van der Waals surface area (Å²) in [5.41, 5.74) is -1.11. The van der Waals surface area contributed by atoms with Crippen molar-refractivity contribution in [1.29, 1.82) is 0 Å². The summed E-state index contributed by atoms with van der Waals surface area (Å²) < 4.78 is 0. The summed E-state index contributed by atoms with van der Waals surface area (Å²) in [6, 6.07) is 0. The van der Waals surface area contributed by atoms with Gasteiger partial charge in [0.25, 0.3) is 0 Å². The molecule has 4 nitrogen and oxygen atoms in total. The Kier molecular flexibility index (Phi) is 5.84. The van der Waals surface area contributed by atoms with E-state index in [1.54, 1.807) is 6.92 Å². The first-order valence-corrected chi connectivity index (χ1v) is 6.57. The third-order valence-electron chi connectivity index (χ3n) is 3.61. The van der Waals surface area contributed by atoms with Gasteiger partial charge in [-0.15, -0.1) is 0 Å². The zero-order valence-electron chi connectivity index (χ0n) is 12.5. The van der Waals surface area contributed by atoms with Crippen LogP contribution in [0.3, 0.4) is 0 Å². The summed E-state index contributed by atoms with van der Waals surface area (Å²) in [6.07, 6.45) is 1.52. The molecule has 0 aromatic carbocycles. The predicted octanol–water partition coefficient (Wildman–Crippen LogP) is 2.82. The lowest BCUT2D eigenvalue weighted by atomic mass is 9.80. The number of hydrogen-bond acceptors (Lipinski definition) is 2. The molecule has 0 spiro atoms. The molecule has 18 heavy (non-hydrogen) atoms. The van der Waals surface area contributed by atoms with Crippen molar-refractivity contribution in [3.8, 4) is 0 Å². The standard InChI is InChI=1S/C14H27NO3/c1-7-8-14(6,12(17)18)15-11(16)9-10(2)13(3,4)5/h10H,7-9H2,1-6H3,(H,15,16)(H,17,18). The van der Waals surface area contributed by atoms with Gasteiger partial charge in [0.05, 0.1) is 0 Å². The quantitative estimate of drug-likeness (QED) is 0.769. The number of amides is 1. The summed E-state index contributed by atoms with van der Waals surface area (Å²) in [6.45, 7) is 11.7. The molecule has 0 saturated heterocycles. The van der Waals surface area contributed by atoms with Crippen molar-refractivity contribution in [1.82, 2.24) is 5.32 Å². The molecule has 0 saturated carbocycles. The highest BCUT2D eigenvalue weighted by atomic mass is 16.4. The number of nitrogens with one attached hydrogen (secondary N) is 1. The van der Waals surface area contributed by atoms with Crippen molar-refractivity contribution in [3.63, 3.8) is 0 Å². The fourth-order valence-electron chi connectivity index (χ4n) is 1.67. The Morgan fingerprint density at radius 3 is 2.06 bits per heavy atom. The summed E-state index contributed by atoms with van der Waals surface area (Å²) in [5.74, 6) is -0.950. The van der Waals surface area contributed by atoms with Gasteiger partial charge < -0.3 is 10.4 Å². The molecule has 0 bridgehead atoms. The first kappa shape index (κ1) is 16.9. The van der Waals surface area contributed by atoms with Crippen LogP contribution >= 0.6 is 0 Å². The van der Waals surface area contributed by atoms with Gasteiger partial charge in [0.2, 0.25) is 5.91 Å². The summed E-state index contributed by atoms with van der Waals surface area (Å²) in [4.78, 5) is 23.1. The maximum atomic E-state index is 11.9. The van der Waals surface area contributed by atoms with Crippen LogP contribution in [0.5, 0.6) is 0 Å². The second-order valence-corrected chi connectivity index (χ2v) is 6.41. The van der Waals surface area contributed by atoms with Crippen LogP contribution < -0.4 is 5.32 Å². The normalized spacial score (nSPS) is 16.8. The number of carboxylic acids is 1. The Bertz CT molecular complexity index is 307. The smallest absolute Gasteiger partial charge is 0.329 e. The van der Waals surface area contributed by atoms with E-state index in [1.807, 2.05) is 13.8 Å². The van der Waals surface area contributed by atoms with Gasteiger partial charge in [0.1, 0.15) is 5.54 Å². The van der Waals surface area contributed by atoms with Crippen molar-refractivity contribution >= 4 is 11.9 Å². The third-order valence-corrected chi connectivity index (χ3v) is 3.61. The van der Waals surface area contributed by atoms with E-state index in [4.69, 9.17) is 0 Å². The molecule has 0 heterocycles. The number of aliphatic carboxylic acids is 1. The topological polar surface area (TPSA) is 66.4 Å². The van der Waals surface area contributed by atoms with Gasteiger partial charge in [-0.05, 0) is 24.7 Å². The average Bonchev–Trinajstić information content (AvgIpc) is 2.15. The van der Waals surface area contributed by atoms with Crippen molar-refractivity contribution in [2.24, 2.45) is 11.3 Å². The van der Waals surface area contributed by atoms with Gasteiger partial charge in [-0.1, -0.05) is 41.0 Å². The molecule has 0 aromatic heterocycles. The van der Waals surface area contributed by atoms with Crippen LogP contribution in [0, 0.1) is 11.3 Å². The average molecular weight is 257 g/mol. The minimum Gasteiger partial charge on any atom is -0.480 e. The lowest BCUT2D eigenvalue weighted by molar-refractivity contribution is -0.147. The molecule has 0 aliphatic rings. The van der Waals surface area contributed by atoms with Gasteiger partial charge in [-0.3, -0.25) is 4.79 Å². The van der Waals surface area contributed by atoms with Crippen LogP contribution in [0.1, 0.15) is 60.8 Å². The van der Waals surface area contributed by atoms with Crippen LogP contribution in [0.4, 0.5) is 0 Å². The third kappa shape index (κ3) is 5.07. The molecule has 0 radical (unpaired) electrons. The van der Waals surface area contributed by atoms with Crippen LogP contribution in [0.25, 0.3) is 0 Å². The molecule has 2 unspecified atom stereocenters. The van der Waals surface area contributed by atoms with Crippen molar-refractivity contribution < 1.29 is 14.7 Å². The minimum absolute atomic E-state index is 0.0434. The monoisotopic (exact) mass is 257 g/mol. The first-order chi connectivity index (χ1) is 8.03. The van der Waals surface area contributed by atoms with Crippen LogP contribution in [0.15, 0.2) is 0 Å². The van der Waals surface area contributed by atoms with E-state index in [9.17, 15) is 14.7 Å². The molecule has 0 aliphatic carbocycles. The second kappa shape index (κ2) is 6.21. The molecule has 0 rings (SSSR count). The van der Waals surface area contributed by atoms with Crippen LogP contribution in [0.2, 0.25) is 0 Å². The van der Waals surface area contributed by atoms with Crippen molar-refractivity contribution in [3.05, 3.63) is 0 Å². The lowest BCUT2D eigenvalue weighted by Gasteiger charge is -2.30. The first-order valence-electron chi connectivity index (χ1n) is 6.57. The lowest BCUT2D eigenvalue weighted by Crippen LogP contribution is -2.52. The Balaban J connectivity index is 4.59. The fourth-order valence-corrected chi connectivity index (χ4v) is 1.67.